The molecule has 0 radical (unpaired) electrons. The SMILES string of the molecule is CCCCN(CCCN(C)C)C(=O)CN1CC(c2cc(OC)c3c(c2)OCO3)C(C(=O)O)C1CCC1OCCO1. The third-order valence-corrected chi connectivity index (χ3v) is 8.04. The van der Waals surface area contributed by atoms with Gasteiger partial charge in [0.05, 0.1) is 32.8 Å². The van der Waals surface area contributed by atoms with Crippen LogP contribution in [-0.2, 0) is 19.1 Å². The lowest BCUT2D eigenvalue weighted by Crippen LogP contribution is -2.45. The van der Waals surface area contributed by atoms with Crippen LogP contribution in [0.5, 0.6) is 17.2 Å². The van der Waals surface area contributed by atoms with Crippen LogP contribution in [0.2, 0.25) is 0 Å². The maximum Gasteiger partial charge on any atom is 0.308 e. The number of unbranched alkanes of at least 4 members (excludes halogenated alkanes) is 1. The number of carboxylic acids is 1. The number of methoxy groups -OCH3 is 1. The normalized spacial score (nSPS) is 22.8. The number of hydrogen-bond acceptors (Lipinski definition) is 9. The highest BCUT2D eigenvalue weighted by molar-refractivity contribution is 5.79. The van der Waals surface area contributed by atoms with E-state index >= 15 is 0 Å². The fourth-order valence-electron chi connectivity index (χ4n) is 6.00. The monoisotopic (exact) mass is 563 g/mol. The first-order valence-corrected chi connectivity index (χ1v) is 14.4. The van der Waals surface area contributed by atoms with Crippen molar-refractivity contribution in [1.29, 1.82) is 0 Å². The van der Waals surface area contributed by atoms with E-state index in [0.29, 0.717) is 62.9 Å². The Kier molecular flexibility index (Phi) is 10.9. The second kappa shape index (κ2) is 14.3. The molecule has 3 atom stereocenters. The largest absolute Gasteiger partial charge is 0.493 e. The quantitative estimate of drug-likeness (QED) is 0.342. The number of carbonyl (C=O) groups excluding carboxylic acids is 1. The van der Waals surface area contributed by atoms with Gasteiger partial charge in [-0.3, -0.25) is 14.5 Å². The number of ether oxygens (including phenoxy) is 5. The number of benzene rings is 1. The first-order chi connectivity index (χ1) is 19.3. The molecule has 1 aromatic carbocycles. The first-order valence-electron chi connectivity index (χ1n) is 14.4. The van der Waals surface area contributed by atoms with E-state index < -0.39 is 11.9 Å². The molecule has 4 rings (SSSR count). The fourth-order valence-corrected chi connectivity index (χ4v) is 6.00. The van der Waals surface area contributed by atoms with Gasteiger partial charge in [0.15, 0.2) is 17.8 Å². The number of rotatable bonds is 15. The number of amides is 1. The van der Waals surface area contributed by atoms with Crippen molar-refractivity contribution < 1.29 is 38.4 Å². The summed E-state index contributed by atoms with van der Waals surface area (Å²) in [5.41, 5.74) is 0.802. The summed E-state index contributed by atoms with van der Waals surface area (Å²) >= 11 is 0. The molecule has 1 amide bonds. The Morgan fingerprint density at radius 2 is 1.82 bits per heavy atom. The highest BCUT2D eigenvalue weighted by atomic mass is 16.7. The minimum absolute atomic E-state index is 0.0404. The van der Waals surface area contributed by atoms with Gasteiger partial charge in [0.1, 0.15) is 0 Å². The summed E-state index contributed by atoms with van der Waals surface area (Å²) in [6, 6.07) is 3.34. The molecule has 40 heavy (non-hydrogen) atoms. The molecule has 3 heterocycles. The van der Waals surface area contributed by atoms with Gasteiger partial charge in [-0.15, -0.1) is 0 Å². The second-order valence-electron chi connectivity index (χ2n) is 11.1. The van der Waals surface area contributed by atoms with Crippen LogP contribution < -0.4 is 14.2 Å². The molecule has 0 aliphatic carbocycles. The van der Waals surface area contributed by atoms with Gasteiger partial charge >= 0.3 is 5.97 Å². The summed E-state index contributed by atoms with van der Waals surface area (Å²) in [6.07, 6.45) is 3.59. The Balaban J connectivity index is 1.58. The number of hydrogen-bond donors (Lipinski definition) is 1. The lowest BCUT2D eigenvalue weighted by atomic mass is 9.83. The van der Waals surface area contributed by atoms with E-state index in [-0.39, 0.29) is 37.5 Å². The van der Waals surface area contributed by atoms with Crippen LogP contribution in [0.25, 0.3) is 0 Å². The van der Waals surface area contributed by atoms with Gasteiger partial charge < -0.3 is 38.6 Å². The molecule has 11 nitrogen and oxygen atoms in total. The van der Waals surface area contributed by atoms with Gasteiger partial charge in [0, 0.05) is 31.6 Å². The van der Waals surface area contributed by atoms with E-state index in [9.17, 15) is 14.7 Å². The van der Waals surface area contributed by atoms with E-state index in [1.807, 2.05) is 31.1 Å². The van der Waals surface area contributed by atoms with Crippen LogP contribution in [0.15, 0.2) is 12.1 Å². The van der Waals surface area contributed by atoms with Gasteiger partial charge in [0.25, 0.3) is 0 Å². The first kappa shape index (κ1) is 30.4. The summed E-state index contributed by atoms with van der Waals surface area (Å²) in [7, 11) is 5.62. The molecule has 2 saturated heterocycles. The average Bonchev–Trinajstić information content (AvgIpc) is 3.68. The highest BCUT2D eigenvalue weighted by Crippen LogP contribution is 2.47. The number of fused-ring (bicyclic) bond motifs is 1. The summed E-state index contributed by atoms with van der Waals surface area (Å²) in [5.74, 6) is -0.343. The summed E-state index contributed by atoms with van der Waals surface area (Å²) < 4.78 is 28.0. The van der Waals surface area contributed by atoms with Crippen molar-refractivity contribution in [3.05, 3.63) is 17.7 Å². The van der Waals surface area contributed by atoms with Crippen LogP contribution in [0.1, 0.15) is 50.5 Å². The molecule has 11 heteroatoms. The number of nitrogens with zero attached hydrogens (tertiary/aromatic N) is 3. The molecular weight excluding hydrogens is 518 g/mol. The zero-order chi connectivity index (χ0) is 28.6. The Bertz CT molecular complexity index is 1000. The van der Waals surface area contributed by atoms with Crippen LogP contribution in [-0.4, -0.2) is 118 Å². The van der Waals surface area contributed by atoms with E-state index in [0.717, 1.165) is 31.4 Å². The van der Waals surface area contributed by atoms with Crippen molar-refractivity contribution in [2.24, 2.45) is 5.92 Å². The molecule has 3 unspecified atom stereocenters. The van der Waals surface area contributed by atoms with Crippen molar-refractivity contribution >= 4 is 11.9 Å². The van der Waals surface area contributed by atoms with Crippen molar-refractivity contribution in [1.82, 2.24) is 14.7 Å². The van der Waals surface area contributed by atoms with E-state index in [4.69, 9.17) is 23.7 Å². The zero-order valence-electron chi connectivity index (χ0n) is 24.3. The maximum atomic E-state index is 13.7. The molecule has 0 bridgehead atoms. The molecule has 1 aromatic rings. The number of aliphatic carboxylic acids is 1. The third kappa shape index (κ3) is 7.37. The Hall–Kier alpha value is -2.60. The highest BCUT2D eigenvalue weighted by Gasteiger charge is 2.48. The number of carbonyl (C=O) groups is 2. The fraction of sp³-hybridized carbons (Fsp3) is 0.724. The molecule has 1 N–H and O–H groups in total. The predicted molar refractivity (Wildman–Crippen MR) is 148 cm³/mol. The van der Waals surface area contributed by atoms with E-state index in [1.165, 1.54) is 0 Å². The number of likely N-dealkylation sites (tertiary alicyclic amines) is 1. The molecule has 3 aliphatic rings. The molecule has 0 saturated carbocycles. The minimum atomic E-state index is -0.885. The van der Waals surface area contributed by atoms with E-state index in [1.54, 1.807) is 7.11 Å². The molecule has 0 aromatic heterocycles. The molecule has 2 fully saturated rings. The maximum absolute atomic E-state index is 13.7. The number of carboxylic acid groups (broad SMARTS) is 1. The smallest absolute Gasteiger partial charge is 0.308 e. The Morgan fingerprint density at radius 1 is 1.07 bits per heavy atom. The van der Waals surface area contributed by atoms with Gasteiger partial charge in [-0.2, -0.15) is 0 Å². The van der Waals surface area contributed by atoms with Crippen LogP contribution in [0, 0.1) is 5.92 Å². The molecule has 3 aliphatic heterocycles. The average molecular weight is 564 g/mol. The van der Waals surface area contributed by atoms with Crippen molar-refractivity contribution in [2.75, 3.05) is 73.9 Å². The van der Waals surface area contributed by atoms with Crippen LogP contribution in [0.4, 0.5) is 0 Å². The van der Waals surface area contributed by atoms with Crippen molar-refractivity contribution in [3.8, 4) is 17.2 Å². The Labute approximate surface area is 237 Å². The van der Waals surface area contributed by atoms with Gasteiger partial charge in [-0.05, 0) is 64.0 Å². The predicted octanol–water partition coefficient (Wildman–Crippen LogP) is 2.63. The summed E-state index contributed by atoms with van der Waals surface area (Å²) in [5, 5.41) is 10.5. The van der Waals surface area contributed by atoms with Gasteiger partial charge in [-0.1, -0.05) is 13.3 Å². The zero-order valence-corrected chi connectivity index (χ0v) is 24.3. The second-order valence-corrected chi connectivity index (χ2v) is 11.1. The lowest BCUT2D eigenvalue weighted by molar-refractivity contribution is -0.144. The summed E-state index contributed by atoms with van der Waals surface area (Å²) in [4.78, 5) is 32.6. The topological polar surface area (TPSA) is 110 Å². The molecule has 224 valence electrons. The van der Waals surface area contributed by atoms with Gasteiger partial charge in [0.2, 0.25) is 18.4 Å². The van der Waals surface area contributed by atoms with Crippen molar-refractivity contribution in [3.63, 3.8) is 0 Å². The Morgan fingerprint density at radius 3 is 2.50 bits per heavy atom. The minimum Gasteiger partial charge on any atom is -0.493 e. The summed E-state index contributed by atoms with van der Waals surface area (Å²) in [6.45, 7) is 6.19. The van der Waals surface area contributed by atoms with Crippen LogP contribution in [0.3, 0.4) is 0 Å². The molecular formula is C29H45N3O8. The molecule has 0 spiro atoms. The van der Waals surface area contributed by atoms with Gasteiger partial charge in [-0.25, -0.2) is 0 Å². The third-order valence-electron chi connectivity index (χ3n) is 8.04. The standard InChI is InChI=1S/C29H45N3O8/c1-5-6-11-31(12-7-10-30(2)3)25(33)18-32-17-21(20-15-23(36-4)28-24(16-20)39-19-40-28)27(29(34)35)22(32)8-9-26-37-13-14-38-26/h15-16,21-22,26-27H,5-14,17-19H2,1-4H3,(H,34,35). The van der Waals surface area contributed by atoms with Crippen LogP contribution >= 0.6 is 0 Å². The lowest BCUT2D eigenvalue weighted by Gasteiger charge is -2.30. The van der Waals surface area contributed by atoms with E-state index in [2.05, 4.69) is 16.7 Å². The van der Waals surface area contributed by atoms with Crippen molar-refractivity contribution in [2.45, 2.75) is 57.3 Å².